The SMILES string of the molecule is CC[C@H](C)[C@@H](COc1ccc(-c2ccc(C(F)(F)F)cc2F)c(F)c1)Nc1ccc(C(=O)NCCC(=O)O)cc1. The average molecular weight is 565 g/mol. The molecule has 40 heavy (non-hydrogen) atoms. The Hall–Kier alpha value is -4.15. The van der Waals surface area contributed by atoms with Gasteiger partial charge < -0.3 is 20.5 Å². The maximum Gasteiger partial charge on any atom is 0.416 e. The van der Waals surface area contributed by atoms with Crippen LogP contribution in [0.25, 0.3) is 11.1 Å². The van der Waals surface area contributed by atoms with Crippen LogP contribution in [-0.4, -0.2) is 36.2 Å². The zero-order chi connectivity index (χ0) is 29.4. The van der Waals surface area contributed by atoms with Crippen LogP contribution in [0.2, 0.25) is 0 Å². The quantitative estimate of drug-likeness (QED) is 0.212. The summed E-state index contributed by atoms with van der Waals surface area (Å²) in [4.78, 5) is 22.7. The van der Waals surface area contributed by atoms with Crippen molar-refractivity contribution in [3.8, 4) is 16.9 Å². The molecule has 3 aromatic rings. The Kier molecular flexibility index (Phi) is 10.1. The molecule has 3 N–H and O–H groups in total. The van der Waals surface area contributed by atoms with E-state index in [1.54, 1.807) is 24.3 Å². The van der Waals surface area contributed by atoms with E-state index in [1.165, 1.54) is 12.1 Å². The van der Waals surface area contributed by atoms with E-state index < -0.39 is 35.3 Å². The lowest BCUT2D eigenvalue weighted by Crippen LogP contribution is -2.33. The van der Waals surface area contributed by atoms with E-state index >= 15 is 0 Å². The lowest BCUT2D eigenvalue weighted by Gasteiger charge is -2.26. The van der Waals surface area contributed by atoms with Gasteiger partial charge in [0.05, 0.1) is 18.0 Å². The first-order valence-corrected chi connectivity index (χ1v) is 12.5. The zero-order valence-electron chi connectivity index (χ0n) is 21.8. The van der Waals surface area contributed by atoms with Gasteiger partial charge in [0.1, 0.15) is 24.0 Å². The van der Waals surface area contributed by atoms with Gasteiger partial charge in [-0.3, -0.25) is 9.59 Å². The second kappa shape index (κ2) is 13.3. The van der Waals surface area contributed by atoms with Crippen molar-refractivity contribution in [2.45, 2.75) is 38.9 Å². The topological polar surface area (TPSA) is 87.7 Å². The van der Waals surface area contributed by atoms with Crippen molar-refractivity contribution in [1.82, 2.24) is 5.32 Å². The van der Waals surface area contributed by atoms with Crippen molar-refractivity contribution in [3.63, 3.8) is 0 Å². The second-order valence-electron chi connectivity index (χ2n) is 9.26. The van der Waals surface area contributed by atoms with E-state index in [2.05, 4.69) is 10.6 Å². The van der Waals surface area contributed by atoms with Crippen LogP contribution in [-0.2, 0) is 11.0 Å². The monoisotopic (exact) mass is 564 g/mol. The summed E-state index contributed by atoms with van der Waals surface area (Å²) >= 11 is 0. The van der Waals surface area contributed by atoms with Crippen LogP contribution in [0.1, 0.15) is 42.6 Å². The molecule has 0 aromatic heterocycles. The summed E-state index contributed by atoms with van der Waals surface area (Å²) in [5, 5.41) is 14.5. The Labute approximate surface area is 228 Å². The number of rotatable bonds is 12. The number of carbonyl (C=O) groups is 2. The molecule has 3 rings (SSSR count). The number of halogens is 5. The first-order chi connectivity index (χ1) is 18.9. The van der Waals surface area contributed by atoms with Gasteiger partial charge in [-0.15, -0.1) is 0 Å². The first kappa shape index (κ1) is 30.4. The maximum atomic E-state index is 14.8. The van der Waals surface area contributed by atoms with Gasteiger partial charge in [0.15, 0.2) is 0 Å². The van der Waals surface area contributed by atoms with Gasteiger partial charge in [0, 0.05) is 35.0 Å². The predicted molar refractivity (Wildman–Crippen MR) is 140 cm³/mol. The van der Waals surface area contributed by atoms with E-state index in [0.29, 0.717) is 23.4 Å². The molecule has 0 spiro atoms. The minimum atomic E-state index is -4.71. The number of amides is 1. The lowest BCUT2D eigenvalue weighted by molar-refractivity contribution is -0.138. The standard InChI is InChI=1S/C29H29F5N2O4/c1-3-17(2)26(36-20-7-4-18(5-8-20)28(39)35-13-12-27(37)38)16-40-21-9-11-23(25(31)15-21)22-10-6-19(14-24(22)30)29(32,33)34/h4-11,14-15,17,26,36H,3,12-13,16H2,1-2H3,(H,35,39)(H,37,38)/t17-,26+/m0/s1. The van der Waals surface area contributed by atoms with E-state index in [9.17, 15) is 31.5 Å². The van der Waals surface area contributed by atoms with Crippen LogP contribution in [0.4, 0.5) is 27.6 Å². The van der Waals surface area contributed by atoms with Crippen molar-refractivity contribution in [2.24, 2.45) is 5.92 Å². The van der Waals surface area contributed by atoms with Gasteiger partial charge in [-0.1, -0.05) is 26.3 Å². The van der Waals surface area contributed by atoms with Crippen LogP contribution < -0.4 is 15.4 Å². The molecule has 0 saturated carbocycles. The highest BCUT2D eigenvalue weighted by Gasteiger charge is 2.31. The molecule has 0 aliphatic carbocycles. The molecule has 11 heteroatoms. The van der Waals surface area contributed by atoms with Crippen molar-refractivity contribution in [3.05, 3.63) is 83.4 Å². The molecule has 6 nitrogen and oxygen atoms in total. The minimum Gasteiger partial charge on any atom is -0.491 e. The van der Waals surface area contributed by atoms with Crippen molar-refractivity contribution >= 4 is 17.6 Å². The van der Waals surface area contributed by atoms with Gasteiger partial charge in [0.2, 0.25) is 0 Å². The predicted octanol–water partition coefficient (Wildman–Crippen LogP) is 6.76. The summed E-state index contributed by atoms with van der Waals surface area (Å²) in [6.45, 7) is 4.15. The summed E-state index contributed by atoms with van der Waals surface area (Å²) in [7, 11) is 0. The Morgan fingerprint density at radius 3 is 2.12 bits per heavy atom. The van der Waals surface area contributed by atoms with Gasteiger partial charge >= 0.3 is 12.1 Å². The summed E-state index contributed by atoms with van der Waals surface area (Å²) in [5.41, 5.74) is -0.577. The number of alkyl halides is 3. The van der Waals surface area contributed by atoms with E-state index in [1.807, 2.05) is 13.8 Å². The molecule has 0 aliphatic heterocycles. The number of anilines is 1. The van der Waals surface area contributed by atoms with E-state index in [0.717, 1.165) is 18.6 Å². The van der Waals surface area contributed by atoms with Gasteiger partial charge in [-0.2, -0.15) is 13.2 Å². The molecular weight excluding hydrogens is 535 g/mol. The molecule has 0 saturated heterocycles. The van der Waals surface area contributed by atoms with E-state index in [4.69, 9.17) is 9.84 Å². The fourth-order valence-electron chi connectivity index (χ4n) is 3.85. The van der Waals surface area contributed by atoms with Crippen LogP contribution in [0.3, 0.4) is 0 Å². The average Bonchev–Trinajstić information content (AvgIpc) is 2.90. The molecule has 0 unspecified atom stereocenters. The first-order valence-electron chi connectivity index (χ1n) is 12.5. The molecule has 214 valence electrons. The summed E-state index contributed by atoms with van der Waals surface area (Å²) < 4.78 is 73.4. The molecule has 0 aliphatic rings. The largest absolute Gasteiger partial charge is 0.491 e. The lowest BCUT2D eigenvalue weighted by atomic mass is 9.99. The highest BCUT2D eigenvalue weighted by molar-refractivity contribution is 5.94. The third-order valence-electron chi connectivity index (χ3n) is 6.41. The molecule has 0 heterocycles. The number of carbonyl (C=O) groups excluding carboxylic acids is 1. The Morgan fingerprint density at radius 1 is 0.950 bits per heavy atom. The highest BCUT2D eigenvalue weighted by Crippen LogP contribution is 2.34. The molecule has 0 bridgehead atoms. The van der Waals surface area contributed by atoms with Gasteiger partial charge in [0.25, 0.3) is 5.91 Å². The van der Waals surface area contributed by atoms with Crippen molar-refractivity contribution in [2.75, 3.05) is 18.5 Å². The zero-order valence-corrected chi connectivity index (χ0v) is 21.8. The third kappa shape index (κ3) is 8.17. The fourth-order valence-corrected chi connectivity index (χ4v) is 3.85. The smallest absolute Gasteiger partial charge is 0.416 e. The number of hydrogen-bond donors (Lipinski definition) is 3. The third-order valence-corrected chi connectivity index (χ3v) is 6.41. The van der Waals surface area contributed by atoms with Crippen molar-refractivity contribution in [1.29, 1.82) is 0 Å². The molecule has 3 aromatic carbocycles. The van der Waals surface area contributed by atoms with Gasteiger partial charge in [-0.05, 0) is 54.4 Å². The Bertz CT molecular complexity index is 1330. The number of carboxylic acids is 1. The van der Waals surface area contributed by atoms with Gasteiger partial charge in [-0.25, -0.2) is 8.78 Å². The molecule has 1 amide bonds. The fraction of sp³-hybridized carbons (Fsp3) is 0.310. The Morgan fingerprint density at radius 2 is 1.57 bits per heavy atom. The molecular formula is C29H29F5N2O4. The highest BCUT2D eigenvalue weighted by atomic mass is 19.4. The Balaban J connectivity index is 1.66. The number of carboxylic acid groups (broad SMARTS) is 1. The summed E-state index contributed by atoms with van der Waals surface area (Å²) in [6, 6.07) is 12.0. The summed E-state index contributed by atoms with van der Waals surface area (Å²) in [6.07, 6.45) is -4.10. The molecule has 0 radical (unpaired) electrons. The number of benzene rings is 3. The van der Waals surface area contributed by atoms with Crippen LogP contribution in [0.15, 0.2) is 60.7 Å². The minimum absolute atomic E-state index is 0.0163. The number of nitrogens with one attached hydrogen (secondary N) is 2. The second-order valence-corrected chi connectivity index (χ2v) is 9.26. The van der Waals surface area contributed by atoms with Crippen LogP contribution >= 0.6 is 0 Å². The number of aliphatic carboxylic acids is 1. The number of hydrogen-bond acceptors (Lipinski definition) is 4. The number of ether oxygens (including phenoxy) is 1. The normalized spacial score (nSPS) is 12.9. The van der Waals surface area contributed by atoms with Crippen LogP contribution in [0, 0.1) is 17.6 Å². The van der Waals surface area contributed by atoms with Crippen LogP contribution in [0.5, 0.6) is 5.75 Å². The van der Waals surface area contributed by atoms with Crippen molar-refractivity contribution < 1.29 is 41.4 Å². The summed E-state index contributed by atoms with van der Waals surface area (Å²) in [5.74, 6) is -3.14. The molecule has 0 fully saturated rings. The molecule has 2 atom stereocenters. The maximum absolute atomic E-state index is 14.8. The van der Waals surface area contributed by atoms with E-state index in [-0.39, 0.29) is 48.4 Å².